The van der Waals surface area contributed by atoms with E-state index in [0.717, 1.165) is 38.5 Å². The Bertz CT molecular complexity index is 345. The molecule has 3 nitrogen and oxygen atoms in total. The molecule has 0 aromatic heterocycles. The molecule has 0 unspecified atom stereocenters. The second-order valence-electron chi connectivity index (χ2n) is 6.45. The van der Waals surface area contributed by atoms with Crippen LogP contribution in [0.25, 0.3) is 0 Å². The summed E-state index contributed by atoms with van der Waals surface area (Å²) in [7, 11) is 0. The van der Waals surface area contributed by atoms with Gasteiger partial charge in [0, 0.05) is 24.7 Å². The van der Waals surface area contributed by atoms with Crippen LogP contribution in [0.1, 0.15) is 52.4 Å². The highest BCUT2D eigenvalue weighted by atomic mass is 16.7. The average molecular weight is 238 g/mol. The maximum Gasteiger partial charge on any atom is 0.169 e. The third-order valence-electron chi connectivity index (χ3n) is 5.56. The van der Waals surface area contributed by atoms with Gasteiger partial charge in [-0.1, -0.05) is 13.8 Å². The first-order valence-corrected chi connectivity index (χ1v) is 6.81. The molecule has 2 saturated carbocycles. The van der Waals surface area contributed by atoms with Crippen LogP contribution in [0.15, 0.2) is 0 Å². The number of carbonyl (C=O) groups is 1. The molecular formula is C14H22O3. The van der Waals surface area contributed by atoms with E-state index in [4.69, 9.17) is 9.47 Å². The Labute approximate surface area is 103 Å². The molecule has 0 N–H and O–H groups in total. The number of hydrogen-bond donors (Lipinski definition) is 0. The molecular weight excluding hydrogens is 216 g/mol. The molecule has 1 spiro atoms. The Kier molecular flexibility index (Phi) is 2.43. The molecule has 96 valence electrons. The summed E-state index contributed by atoms with van der Waals surface area (Å²) in [6, 6.07) is 0. The zero-order chi connectivity index (χ0) is 12.1. The lowest BCUT2D eigenvalue weighted by Gasteiger charge is -2.56. The first-order valence-electron chi connectivity index (χ1n) is 6.81. The molecule has 3 heteroatoms. The number of fused-ring (bicyclic) bond motifs is 1. The lowest BCUT2D eigenvalue weighted by atomic mass is 9.50. The van der Waals surface area contributed by atoms with Gasteiger partial charge in [-0.3, -0.25) is 4.79 Å². The van der Waals surface area contributed by atoms with Gasteiger partial charge in [-0.25, -0.2) is 0 Å². The predicted octanol–water partition coefficient (Wildman–Crippen LogP) is 2.68. The van der Waals surface area contributed by atoms with Crippen molar-refractivity contribution >= 4 is 5.78 Å². The average Bonchev–Trinajstić information content (AvgIpc) is 2.71. The van der Waals surface area contributed by atoms with E-state index < -0.39 is 0 Å². The summed E-state index contributed by atoms with van der Waals surface area (Å²) in [5.74, 6) is 0.0883. The van der Waals surface area contributed by atoms with Gasteiger partial charge in [-0.2, -0.15) is 0 Å². The van der Waals surface area contributed by atoms with Crippen LogP contribution in [-0.2, 0) is 14.3 Å². The lowest BCUT2D eigenvalue weighted by molar-refractivity contribution is -0.229. The molecule has 0 bridgehead atoms. The molecule has 3 fully saturated rings. The normalized spacial score (nSPS) is 44.9. The van der Waals surface area contributed by atoms with E-state index in [2.05, 4.69) is 13.8 Å². The van der Waals surface area contributed by atoms with Gasteiger partial charge in [0.15, 0.2) is 5.79 Å². The van der Waals surface area contributed by atoms with Crippen LogP contribution in [0, 0.1) is 10.8 Å². The summed E-state index contributed by atoms with van der Waals surface area (Å²) in [6.07, 6.45) is 5.61. The van der Waals surface area contributed by atoms with Crippen LogP contribution >= 0.6 is 0 Å². The molecule has 1 aliphatic heterocycles. The first-order chi connectivity index (χ1) is 8.00. The van der Waals surface area contributed by atoms with Crippen molar-refractivity contribution < 1.29 is 14.3 Å². The predicted molar refractivity (Wildman–Crippen MR) is 63.6 cm³/mol. The standard InChI is InChI=1S/C14H22O3/c1-12-5-3-4-11(15)13(12,2)6-7-14(10-12)16-8-9-17-14/h3-10H2,1-2H3/t12-,13-/m0/s1. The zero-order valence-electron chi connectivity index (χ0n) is 10.9. The minimum absolute atomic E-state index is 0.0604. The summed E-state index contributed by atoms with van der Waals surface area (Å²) >= 11 is 0. The molecule has 1 heterocycles. The van der Waals surface area contributed by atoms with Crippen LogP contribution in [-0.4, -0.2) is 24.8 Å². The van der Waals surface area contributed by atoms with Crippen molar-refractivity contribution in [1.29, 1.82) is 0 Å². The molecule has 0 aromatic carbocycles. The maximum atomic E-state index is 12.3. The van der Waals surface area contributed by atoms with Crippen LogP contribution in [0.4, 0.5) is 0 Å². The monoisotopic (exact) mass is 238 g/mol. The Morgan fingerprint density at radius 1 is 1.06 bits per heavy atom. The Morgan fingerprint density at radius 3 is 2.47 bits per heavy atom. The van der Waals surface area contributed by atoms with Gasteiger partial charge in [0.1, 0.15) is 5.78 Å². The second kappa shape index (κ2) is 3.55. The largest absolute Gasteiger partial charge is 0.348 e. The first kappa shape index (κ1) is 11.7. The van der Waals surface area contributed by atoms with Gasteiger partial charge in [-0.05, 0) is 24.7 Å². The number of ketones is 1. The highest BCUT2D eigenvalue weighted by molar-refractivity contribution is 5.86. The fraction of sp³-hybridized carbons (Fsp3) is 0.929. The topological polar surface area (TPSA) is 35.5 Å². The third-order valence-corrected chi connectivity index (χ3v) is 5.56. The Balaban J connectivity index is 1.91. The summed E-state index contributed by atoms with van der Waals surface area (Å²) in [4.78, 5) is 12.3. The molecule has 3 rings (SSSR count). The number of ether oxygens (including phenoxy) is 2. The molecule has 17 heavy (non-hydrogen) atoms. The Hall–Kier alpha value is -0.410. The molecule has 2 atom stereocenters. The number of carbonyl (C=O) groups excluding carboxylic acids is 1. The van der Waals surface area contributed by atoms with Gasteiger partial charge >= 0.3 is 0 Å². The third kappa shape index (κ3) is 1.52. The van der Waals surface area contributed by atoms with Gasteiger partial charge in [0.25, 0.3) is 0 Å². The minimum atomic E-state index is -0.369. The number of Topliss-reactive ketones (excluding diaryl/α,β-unsaturated/α-hetero) is 1. The fourth-order valence-corrected chi connectivity index (χ4v) is 4.12. The van der Waals surface area contributed by atoms with Gasteiger partial charge in [0.05, 0.1) is 13.2 Å². The number of hydrogen-bond acceptors (Lipinski definition) is 3. The van der Waals surface area contributed by atoms with Crippen LogP contribution in [0.5, 0.6) is 0 Å². The fourth-order valence-electron chi connectivity index (χ4n) is 4.12. The Morgan fingerprint density at radius 2 is 1.76 bits per heavy atom. The SMILES string of the molecule is C[C@@]12CCCC(=O)[C@]1(C)CCC1(C2)OCCO1. The van der Waals surface area contributed by atoms with Gasteiger partial charge in [-0.15, -0.1) is 0 Å². The summed E-state index contributed by atoms with van der Waals surface area (Å²) in [6.45, 7) is 5.84. The van der Waals surface area contributed by atoms with Gasteiger partial charge < -0.3 is 9.47 Å². The van der Waals surface area contributed by atoms with Crippen molar-refractivity contribution in [3.05, 3.63) is 0 Å². The molecule has 3 aliphatic rings. The van der Waals surface area contributed by atoms with E-state index in [9.17, 15) is 4.79 Å². The summed E-state index contributed by atoms with van der Waals surface area (Å²) in [5.41, 5.74) is -0.0866. The molecule has 0 aromatic rings. The van der Waals surface area contributed by atoms with Crippen molar-refractivity contribution in [3.63, 3.8) is 0 Å². The van der Waals surface area contributed by atoms with E-state index >= 15 is 0 Å². The smallest absolute Gasteiger partial charge is 0.169 e. The maximum absolute atomic E-state index is 12.3. The minimum Gasteiger partial charge on any atom is -0.348 e. The van der Waals surface area contributed by atoms with Crippen LogP contribution in [0.3, 0.4) is 0 Å². The highest BCUT2D eigenvalue weighted by Crippen LogP contribution is 2.60. The molecule has 0 radical (unpaired) electrons. The van der Waals surface area contributed by atoms with Crippen molar-refractivity contribution in [2.45, 2.75) is 58.2 Å². The van der Waals surface area contributed by atoms with E-state index in [0.29, 0.717) is 19.0 Å². The van der Waals surface area contributed by atoms with Crippen molar-refractivity contribution in [1.82, 2.24) is 0 Å². The van der Waals surface area contributed by atoms with E-state index in [1.807, 2.05) is 0 Å². The van der Waals surface area contributed by atoms with E-state index in [1.165, 1.54) is 0 Å². The second-order valence-corrected chi connectivity index (χ2v) is 6.45. The quantitative estimate of drug-likeness (QED) is 0.651. The van der Waals surface area contributed by atoms with Crippen molar-refractivity contribution in [2.24, 2.45) is 10.8 Å². The van der Waals surface area contributed by atoms with Gasteiger partial charge in [0.2, 0.25) is 0 Å². The summed E-state index contributed by atoms with van der Waals surface area (Å²) in [5, 5.41) is 0. The zero-order valence-corrected chi connectivity index (χ0v) is 10.9. The molecule has 1 saturated heterocycles. The lowest BCUT2D eigenvalue weighted by Crippen LogP contribution is -2.56. The summed E-state index contributed by atoms with van der Waals surface area (Å²) < 4.78 is 11.7. The van der Waals surface area contributed by atoms with Crippen molar-refractivity contribution in [3.8, 4) is 0 Å². The number of rotatable bonds is 0. The van der Waals surface area contributed by atoms with E-state index in [1.54, 1.807) is 0 Å². The van der Waals surface area contributed by atoms with Crippen LogP contribution in [0.2, 0.25) is 0 Å². The van der Waals surface area contributed by atoms with Crippen LogP contribution < -0.4 is 0 Å². The molecule has 2 aliphatic carbocycles. The van der Waals surface area contributed by atoms with Crippen molar-refractivity contribution in [2.75, 3.05) is 13.2 Å². The highest BCUT2D eigenvalue weighted by Gasteiger charge is 2.59. The molecule has 0 amide bonds. The van der Waals surface area contributed by atoms with E-state index in [-0.39, 0.29) is 16.6 Å².